The number of carbonyl (C=O) groups excluding carboxylic acids is 1. The Kier molecular flexibility index (Phi) is 3.70. The van der Waals surface area contributed by atoms with Crippen molar-refractivity contribution in [1.82, 2.24) is 14.6 Å². The average molecular weight is 327 g/mol. The van der Waals surface area contributed by atoms with Crippen LogP contribution in [0.2, 0.25) is 0 Å². The summed E-state index contributed by atoms with van der Waals surface area (Å²) in [6.07, 6.45) is 5.58. The normalized spacial score (nSPS) is 20.3. The molecule has 24 heavy (non-hydrogen) atoms. The van der Waals surface area contributed by atoms with E-state index in [0.717, 1.165) is 37.4 Å². The summed E-state index contributed by atoms with van der Waals surface area (Å²) >= 11 is 0. The maximum atomic E-state index is 11.9. The molecule has 3 heterocycles. The van der Waals surface area contributed by atoms with Crippen LogP contribution in [0.4, 0.5) is 11.8 Å². The second-order valence-corrected chi connectivity index (χ2v) is 7.50. The number of anilines is 2. The zero-order chi connectivity index (χ0) is 16.7. The lowest BCUT2D eigenvalue weighted by Crippen LogP contribution is -2.39. The van der Waals surface area contributed by atoms with E-state index >= 15 is 0 Å². The molecule has 2 fully saturated rings. The van der Waals surface area contributed by atoms with Crippen LogP contribution in [0, 0.1) is 11.3 Å². The highest BCUT2D eigenvalue weighted by Crippen LogP contribution is 2.35. The topological polar surface area (TPSA) is 62.5 Å². The summed E-state index contributed by atoms with van der Waals surface area (Å²) in [5, 5.41) is 7.37. The van der Waals surface area contributed by atoms with Gasteiger partial charge in [-0.3, -0.25) is 10.1 Å². The van der Waals surface area contributed by atoms with E-state index < -0.39 is 0 Å². The number of aromatic nitrogens is 3. The van der Waals surface area contributed by atoms with Crippen LogP contribution in [0.25, 0.3) is 5.65 Å². The molecule has 0 unspecified atom stereocenters. The molecule has 0 aromatic carbocycles. The summed E-state index contributed by atoms with van der Waals surface area (Å²) in [7, 11) is 0. The first kappa shape index (κ1) is 15.4. The lowest BCUT2D eigenvalue weighted by Gasteiger charge is -2.39. The molecule has 6 nitrogen and oxygen atoms in total. The first-order valence-electron chi connectivity index (χ1n) is 9.00. The van der Waals surface area contributed by atoms with Crippen LogP contribution in [0.15, 0.2) is 18.2 Å². The maximum Gasteiger partial charge on any atom is 0.249 e. The summed E-state index contributed by atoms with van der Waals surface area (Å²) in [4.78, 5) is 18.8. The Labute approximate surface area is 142 Å². The van der Waals surface area contributed by atoms with Crippen LogP contribution in [-0.4, -0.2) is 33.6 Å². The number of nitrogens with zero attached hydrogens (tertiary/aromatic N) is 4. The standard InChI is InChI=1S/C18H25N5O/c1-3-18(2)9-11-22(12-10-18)15-6-4-5-14-19-17(21-23(14)15)20-16(24)13-7-8-13/h4-6,13H,3,7-12H2,1-2H3,(H,20,21,24). The summed E-state index contributed by atoms with van der Waals surface area (Å²) in [6.45, 7) is 6.73. The molecule has 128 valence electrons. The van der Waals surface area contributed by atoms with Gasteiger partial charge >= 0.3 is 0 Å². The fourth-order valence-electron chi connectivity index (χ4n) is 3.37. The van der Waals surface area contributed by atoms with Gasteiger partial charge in [0.25, 0.3) is 0 Å². The van der Waals surface area contributed by atoms with E-state index in [1.807, 2.05) is 16.6 Å². The number of hydrogen-bond acceptors (Lipinski definition) is 4. The molecule has 1 saturated carbocycles. The Hall–Kier alpha value is -2.11. The highest BCUT2D eigenvalue weighted by molar-refractivity contribution is 5.92. The van der Waals surface area contributed by atoms with Crippen LogP contribution in [0.3, 0.4) is 0 Å². The van der Waals surface area contributed by atoms with Crippen molar-refractivity contribution in [2.24, 2.45) is 11.3 Å². The molecule has 0 atom stereocenters. The first-order chi connectivity index (χ1) is 11.6. The van der Waals surface area contributed by atoms with E-state index in [1.54, 1.807) is 0 Å². The van der Waals surface area contributed by atoms with Crippen molar-refractivity contribution in [3.63, 3.8) is 0 Å². The van der Waals surface area contributed by atoms with E-state index in [9.17, 15) is 4.79 Å². The minimum absolute atomic E-state index is 0.0455. The zero-order valence-electron chi connectivity index (χ0n) is 14.5. The Morgan fingerprint density at radius 3 is 2.75 bits per heavy atom. The monoisotopic (exact) mass is 327 g/mol. The van der Waals surface area contributed by atoms with Gasteiger partial charge in [0.05, 0.1) is 0 Å². The van der Waals surface area contributed by atoms with Crippen molar-refractivity contribution < 1.29 is 4.79 Å². The molecular weight excluding hydrogens is 302 g/mol. The lowest BCUT2D eigenvalue weighted by molar-refractivity contribution is -0.117. The van der Waals surface area contributed by atoms with Crippen LogP contribution >= 0.6 is 0 Å². The highest BCUT2D eigenvalue weighted by atomic mass is 16.2. The summed E-state index contributed by atoms with van der Waals surface area (Å²) < 4.78 is 1.86. The van der Waals surface area contributed by atoms with Crippen LogP contribution in [-0.2, 0) is 4.79 Å². The third kappa shape index (κ3) is 2.85. The van der Waals surface area contributed by atoms with E-state index in [-0.39, 0.29) is 11.8 Å². The van der Waals surface area contributed by atoms with Crippen LogP contribution in [0.1, 0.15) is 46.0 Å². The molecule has 1 aliphatic heterocycles. The van der Waals surface area contributed by atoms with Crippen LogP contribution in [0.5, 0.6) is 0 Å². The fourth-order valence-corrected chi connectivity index (χ4v) is 3.37. The first-order valence-corrected chi connectivity index (χ1v) is 9.00. The van der Waals surface area contributed by atoms with Crippen molar-refractivity contribution >= 4 is 23.3 Å². The molecule has 1 amide bonds. The van der Waals surface area contributed by atoms with Gasteiger partial charge in [-0.25, -0.2) is 0 Å². The molecule has 0 radical (unpaired) electrons. The predicted molar refractivity (Wildman–Crippen MR) is 94.2 cm³/mol. The summed E-state index contributed by atoms with van der Waals surface area (Å²) in [5.41, 5.74) is 1.23. The van der Waals surface area contributed by atoms with Crippen molar-refractivity contribution in [3.05, 3.63) is 18.2 Å². The van der Waals surface area contributed by atoms with Gasteiger partial charge < -0.3 is 4.90 Å². The van der Waals surface area contributed by atoms with E-state index in [2.05, 4.69) is 40.2 Å². The maximum absolute atomic E-state index is 11.9. The Morgan fingerprint density at radius 2 is 2.08 bits per heavy atom. The molecule has 2 aromatic rings. The number of pyridine rings is 1. The fraction of sp³-hybridized carbons (Fsp3) is 0.611. The smallest absolute Gasteiger partial charge is 0.249 e. The zero-order valence-corrected chi connectivity index (χ0v) is 14.5. The molecule has 0 spiro atoms. The lowest BCUT2D eigenvalue weighted by atomic mass is 9.78. The Balaban J connectivity index is 1.57. The predicted octanol–water partition coefficient (Wildman–Crippen LogP) is 3.09. The number of hydrogen-bond donors (Lipinski definition) is 1. The van der Waals surface area contributed by atoms with Gasteiger partial charge in [-0.15, -0.1) is 5.10 Å². The average Bonchev–Trinajstić information content (AvgIpc) is 3.36. The van der Waals surface area contributed by atoms with Gasteiger partial charge in [0.15, 0.2) is 5.65 Å². The van der Waals surface area contributed by atoms with Gasteiger partial charge in [-0.1, -0.05) is 26.3 Å². The van der Waals surface area contributed by atoms with Gasteiger partial charge in [0, 0.05) is 19.0 Å². The Bertz CT molecular complexity index is 756. The van der Waals surface area contributed by atoms with Crippen molar-refractivity contribution in [3.8, 4) is 0 Å². The molecule has 6 heteroatoms. The van der Waals surface area contributed by atoms with Crippen LogP contribution < -0.4 is 10.2 Å². The number of rotatable bonds is 4. The quantitative estimate of drug-likeness (QED) is 0.937. The third-order valence-corrected chi connectivity index (χ3v) is 5.67. The molecule has 2 aliphatic rings. The molecule has 2 aromatic heterocycles. The number of fused-ring (bicyclic) bond motifs is 1. The van der Waals surface area contributed by atoms with E-state index in [4.69, 9.17) is 0 Å². The Morgan fingerprint density at radius 1 is 1.33 bits per heavy atom. The second-order valence-electron chi connectivity index (χ2n) is 7.50. The van der Waals surface area contributed by atoms with Gasteiger partial charge in [0.1, 0.15) is 5.82 Å². The molecular formula is C18H25N5O. The molecule has 1 saturated heterocycles. The van der Waals surface area contributed by atoms with E-state index in [1.165, 1.54) is 19.3 Å². The highest BCUT2D eigenvalue weighted by Gasteiger charge is 2.31. The number of piperidine rings is 1. The van der Waals surface area contributed by atoms with Crippen molar-refractivity contribution in [2.75, 3.05) is 23.3 Å². The third-order valence-electron chi connectivity index (χ3n) is 5.67. The van der Waals surface area contributed by atoms with Gasteiger partial charge in [0.2, 0.25) is 11.9 Å². The number of amides is 1. The SMILES string of the molecule is CCC1(C)CCN(c2cccc3nc(NC(=O)C4CC4)nn23)CC1. The second kappa shape index (κ2) is 5.76. The molecule has 1 aliphatic carbocycles. The van der Waals surface area contributed by atoms with Crippen molar-refractivity contribution in [2.45, 2.75) is 46.0 Å². The van der Waals surface area contributed by atoms with Crippen molar-refractivity contribution in [1.29, 1.82) is 0 Å². The summed E-state index contributed by atoms with van der Waals surface area (Å²) in [5.74, 6) is 1.67. The minimum Gasteiger partial charge on any atom is -0.356 e. The molecule has 4 rings (SSSR count). The number of nitrogens with one attached hydrogen (secondary N) is 1. The largest absolute Gasteiger partial charge is 0.356 e. The minimum atomic E-state index is 0.0455. The van der Waals surface area contributed by atoms with Gasteiger partial charge in [-0.05, 0) is 43.2 Å². The van der Waals surface area contributed by atoms with E-state index in [0.29, 0.717) is 11.4 Å². The van der Waals surface area contributed by atoms with Gasteiger partial charge in [-0.2, -0.15) is 9.50 Å². The molecule has 1 N–H and O–H groups in total. The summed E-state index contributed by atoms with van der Waals surface area (Å²) in [6, 6.07) is 6.03. The molecule has 0 bridgehead atoms. The number of carbonyl (C=O) groups is 1.